The first-order valence-electron chi connectivity index (χ1n) is 6.34. The van der Waals surface area contributed by atoms with Gasteiger partial charge in [-0.05, 0) is 31.2 Å². The van der Waals surface area contributed by atoms with E-state index in [4.69, 9.17) is 9.84 Å². The maximum atomic E-state index is 11.6. The SMILES string of the molecule is O=C(NC1(CCCO)CC1)OCc1ccccc1. The molecule has 98 valence electrons. The molecule has 0 aliphatic heterocycles. The van der Waals surface area contributed by atoms with Crippen LogP contribution < -0.4 is 5.32 Å². The molecule has 4 nitrogen and oxygen atoms in total. The van der Waals surface area contributed by atoms with E-state index in [1.807, 2.05) is 30.3 Å². The summed E-state index contributed by atoms with van der Waals surface area (Å²) in [5.74, 6) is 0. The summed E-state index contributed by atoms with van der Waals surface area (Å²) >= 11 is 0. The molecule has 2 rings (SSSR count). The van der Waals surface area contributed by atoms with E-state index in [1.54, 1.807) is 0 Å². The Morgan fingerprint density at radius 3 is 2.67 bits per heavy atom. The van der Waals surface area contributed by atoms with E-state index >= 15 is 0 Å². The molecule has 4 heteroatoms. The molecule has 18 heavy (non-hydrogen) atoms. The number of rotatable bonds is 6. The van der Waals surface area contributed by atoms with Gasteiger partial charge in [0, 0.05) is 12.1 Å². The van der Waals surface area contributed by atoms with Crippen LogP contribution in [0.1, 0.15) is 31.2 Å². The van der Waals surface area contributed by atoms with E-state index in [9.17, 15) is 4.79 Å². The van der Waals surface area contributed by atoms with Crippen molar-refractivity contribution in [2.45, 2.75) is 37.8 Å². The van der Waals surface area contributed by atoms with Crippen LogP contribution in [-0.2, 0) is 11.3 Å². The van der Waals surface area contributed by atoms with E-state index in [2.05, 4.69) is 5.32 Å². The van der Waals surface area contributed by atoms with Crippen molar-refractivity contribution in [1.29, 1.82) is 0 Å². The third-order valence-electron chi connectivity index (χ3n) is 3.25. The minimum absolute atomic E-state index is 0.115. The van der Waals surface area contributed by atoms with Crippen molar-refractivity contribution in [2.75, 3.05) is 6.61 Å². The molecule has 1 saturated carbocycles. The Labute approximate surface area is 107 Å². The molecule has 0 spiro atoms. The molecule has 1 amide bonds. The van der Waals surface area contributed by atoms with Gasteiger partial charge in [0.05, 0.1) is 0 Å². The van der Waals surface area contributed by atoms with Gasteiger partial charge in [0.1, 0.15) is 6.61 Å². The third-order valence-corrected chi connectivity index (χ3v) is 3.25. The number of alkyl carbamates (subject to hydrolysis) is 1. The number of benzene rings is 1. The molecule has 0 unspecified atom stereocenters. The highest BCUT2D eigenvalue weighted by Crippen LogP contribution is 2.39. The number of aliphatic hydroxyl groups is 1. The zero-order valence-corrected chi connectivity index (χ0v) is 10.4. The van der Waals surface area contributed by atoms with Crippen molar-refractivity contribution in [1.82, 2.24) is 5.32 Å². The van der Waals surface area contributed by atoms with E-state index in [0.29, 0.717) is 6.61 Å². The number of hydrogen-bond acceptors (Lipinski definition) is 3. The summed E-state index contributed by atoms with van der Waals surface area (Å²) < 4.78 is 5.17. The number of hydrogen-bond donors (Lipinski definition) is 2. The lowest BCUT2D eigenvalue weighted by atomic mass is 10.1. The van der Waals surface area contributed by atoms with Crippen molar-refractivity contribution in [3.63, 3.8) is 0 Å². The molecule has 0 radical (unpaired) electrons. The smallest absolute Gasteiger partial charge is 0.407 e. The Morgan fingerprint density at radius 2 is 2.06 bits per heavy atom. The highest BCUT2D eigenvalue weighted by atomic mass is 16.5. The van der Waals surface area contributed by atoms with Gasteiger partial charge in [-0.3, -0.25) is 0 Å². The molecule has 1 aliphatic rings. The largest absolute Gasteiger partial charge is 0.445 e. The first-order chi connectivity index (χ1) is 8.74. The second-order valence-electron chi connectivity index (χ2n) is 4.79. The molecule has 0 bridgehead atoms. The van der Waals surface area contributed by atoms with Crippen LogP contribution in [0.2, 0.25) is 0 Å². The highest BCUT2D eigenvalue weighted by molar-refractivity contribution is 5.69. The maximum absolute atomic E-state index is 11.6. The van der Waals surface area contributed by atoms with Crippen LogP contribution in [0.15, 0.2) is 30.3 Å². The predicted molar refractivity (Wildman–Crippen MR) is 68.0 cm³/mol. The number of aliphatic hydroxyl groups excluding tert-OH is 1. The summed E-state index contributed by atoms with van der Waals surface area (Å²) in [4.78, 5) is 11.6. The lowest BCUT2D eigenvalue weighted by molar-refractivity contribution is 0.133. The Kier molecular flexibility index (Phi) is 4.20. The van der Waals surface area contributed by atoms with Crippen LogP contribution in [0, 0.1) is 0 Å². The van der Waals surface area contributed by atoms with Crippen molar-refractivity contribution in [3.05, 3.63) is 35.9 Å². The minimum Gasteiger partial charge on any atom is -0.445 e. The monoisotopic (exact) mass is 249 g/mol. The zero-order chi connectivity index (χ0) is 12.8. The number of amides is 1. The Morgan fingerprint density at radius 1 is 1.33 bits per heavy atom. The van der Waals surface area contributed by atoms with E-state index in [1.165, 1.54) is 0 Å². The molecule has 0 heterocycles. The van der Waals surface area contributed by atoms with Gasteiger partial charge in [0.2, 0.25) is 0 Å². The molecular weight excluding hydrogens is 230 g/mol. The lowest BCUT2D eigenvalue weighted by Crippen LogP contribution is -2.37. The van der Waals surface area contributed by atoms with Crippen LogP contribution in [0.4, 0.5) is 4.79 Å². The number of nitrogens with one attached hydrogen (secondary N) is 1. The van der Waals surface area contributed by atoms with E-state index in [-0.39, 0.29) is 18.2 Å². The van der Waals surface area contributed by atoms with Crippen molar-refractivity contribution < 1.29 is 14.6 Å². The zero-order valence-electron chi connectivity index (χ0n) is 10.4. The Bertz CT molecular complexity index is 387. The maximum Gasteiger partial charge on any atom is 0.407 e. The molecule has 0 saturated heterocycles. The fourth-order valence-electron chi connectivity index (χ4n) is 1.98. The minimum atomic E-state index is -0.366. The quantitative estimate of drug-likeness (QED) is 0.812. The van der Waals surface area contributed by atoms with Gasteiger partial charge in [0.15, 0.2) is 0 Å². The van der Waals surface area contributed by atoms with Gasteiger partial charge < -0.3 is 15.2 Å². The normalized spacial score (nSPS) is 16.1. The van der Waals surface area contributed by atoms with Gasteiger partial charge in [-0.25, -0.2) is 4.79 Å². The van der Waals surface area contributed by atoms with E-state index < -0.39 is 0 Å². The molecule has 1 fully saturated rings. The van der Waals surface area contributed by atoms with Crippen LogP contribution in [0.25, 0.3) is 0 Å². The Balaban J connectivity index is 1.72. The summed E-state index contributed by atoms with van der Waals surface area (Å²) in [6, 6.07) is 9.61. The average molecular weight is 249 g/mol. The van der Waals surface area contributed by atoms with Crippen LogP contribution in [0.3, 0.4) is 0 Å². The summed E-state index contributed by atoms with van der Waals surface area (Å²) in [7, 11) is 0. The highest BCUT2D eigenvalue weighted by Gasteiger charge is 2.43. The van der Waals surface area contributed by atoms with Crippen molar-refractivity contribution in [2.24, 2.45) is 0 Å². The second-order valence-corrected chi connectivity index (χ2v) is 4.79. The molecular formula is C14H19NO3. The molecule has 0 atom stereocenters. The predicted octanol–water partition coefficient (Wildman–Crippen LogP) is 2.22. The Hall–Kier alpha value is -1.55. The summed E-state index contributed by atoms with van der Waals surface area (Å²) in [6.45, 7) is 0.464. The fraction of sp³-hybridized carbons (Fsp3) is 0.500. The van der Waals surface area contributed by atoms with Crippen LogP contribution in [-0.4, -0.2) is 23.3 Å². The first-order valence-corrected chi connectivity index (χ1v) is 6.34. The summed E-state index contributed by atoms with van der Waals surface area (Å²) in [5, 5.41) is 11.7. The standard InChI is InChI=1S/C14H19NO3/c16-10-4-7-14(8-9-14)15-13(17)18-11-12-5-2-1-3-6-12/h1-3,5-6,16H,4,7-11H2,(H,15,17). The summed E-state index contributed by atoms with van der Waals surface area (Å²) in [6.07, 6.45) is 3.14. The molecule has 1 aromatic rings. The third kappa shape index (κ3) is 3.74. The number of ether oxygens (including phenoxy) is 1. The van der Waals surface area contributed by atoms with Gasteiger partial charge in [-0.1, -0.05) is 30.3 Å². The van der Waals surface area contributed by atoms with Gasteiger partial charge >= 0.3 is 6.09 Å². The van der Waals surface area contributed by atoms with Gasteiger partial charge in [-0.15, -0.1) is 0 Å². The molecule has 0 aromatic heterocycles. The topological polar surface area (TPSA) is 58.6 Å². The van der Waals surface area contributed by atoms with E-state index in [0.717, 1.165) is 31.2 Å². The lowest BCUT2D eigenvalue weighted by Gasteiger charge is -2.16. The number of carbonyl (C=O) groups excluding carboxylic acids is 1. The first kappa shape index (κ1) is 12.9. The molecule has 1 aromatic carbocycles. The van der Waals surface area contributed by atoms with Crippen molar-refractivity contribution in [3.8, 4) is 0 Å². The second kappa shape index (κ2) is 5.87. The molecule has 1 aliphatic carbocycles. The molecule has 2 N–H and O–H groups in total. The van der Waals surface area contributed by atoms with Crippen LogP contribution in [0.5, 0.6) is 0 Å². The van der Waals surface area contributed by atoms with Gasteiger partial charge in [-0.2, -0.15) is 0 Å². The fourth-order valence-corrected chi connectivity index (χ4v) is 1.98. The van der Waals surface area contributed by atoms with Gasteiger partial charge in [0.25, 0.3) is 0 Å². The summed E-state index contributed by atoms with van der Waals surface area (Å²) in [5.41, 5.74) is 0.865. The average Bonchev–Trinajstić information content (AvgIpc) is 3.15. The van der Waals surface area contributed by atoms with Crippen molar-refractivity contribution >= 4 is 6.09 Å². The van der Waals surface area contributed by atoms with Crippen LogP contribution >= 0.6 is 0 Å². The number of carbonyl (C=O) groups is 1.